The summed E-state index contributed by atoms with van der Waals surface area (Å²) in [5.41, 5.74) is 2.76. The van der Waals surface area contributed by atoms with Crippen LogP contribution in [0.5, 0.6) is 0 Å². The molecule has 0 heterocycles. The molecule has 2 heteroatoms. The van der Waals surface area contributed by atoms with Crippen molar-refractivity contribution in [3.8, 4) is 0 Å². The van der Waals surface area contributed by atoms with Crippen LogP contribution in [0.15, 0.2) is 36.9 Å². The summed E-state index contributed by atoms with van der Waals surface area (Å²) in [6, 6.07) is 8.47. The first-order valence-electron chi connectivity index (χ1n) is 4.55. The fourth-order valence-corrected chi connectivity index (χ4v) is 1.57. The molecule has 13 heavy (non-hydrogen) atoms. The minimum atomic E-state index is 0.830. The molecule has 0 aliphatic heterocycles. The molecule has 0 spiro atoms. The molecule has 0 bridgehead atoms. The van der Waals surface area contributed by atoms with E-state index in [0.717, 1.165) is 29.9 Å². The van der Waals surface area contributed by atoms with Crippen molar-refractivity contribution in [1.82, 2.24) is 0 Å². The molecule has 0 unspecified atom stereocenters. The largest absolute Gasteiger partial charge is 0.428 e. The summed E-state index contributed by atoms with van der Waals surface area (Å²) in [6.45, 7) is 4.60. The fourth-order valence-electron chi connectivity index (χ4n) is 1.37. The Hall–Kier alpha value is -0.863. The van der Waals surface area contributed by atoms with Crippen molar-refractivity contribution in [3.05, 3.63) is 48.0 Å². The zero-order chi connectivity index (χ0) is 9.52. The fraction of sp³-hybridized carbons (Fsp3) is 0.273. The van der Waals surface area contributed by atoms with Gasteiger partial charge in [0.25, 0.3) is 0 Å². The zero-order valence-electron chi connectivity index (χ0n) is 8.12. The maximum Gasteiger partial charge on any atom is 0.145 e. The molecule has 0 fully saturated rings. The maximum atomic E-state index is 5.19. The van der Waals surface area contributed by atoms with Crippen LogP contribution in [0.2, 0.25) is 0 Å². The molecule has 0 radical (unpaired) electrons. The number of allylic oxidation sites excluding steroid dienone is 1. The molecule has 0 aliphatic rings. The van der Waals surface area contributed by atoms with Gasteiger partial charge in [0.1, 0.15) is 10.5 Å². The lowest BCUT2D eigenvalue weighted by molar-refractivity contribution is 0.354. The van der Waals surface area contributed by atoms with Crippen molar-refractivity contribution in [1.29, 1.82) is 0 Å². The van der Waals surface area contributed by atoms with Crippen LogP contribution < -0.4 is 0 Å². The van der Waals surface area contributed by atoms with Crippen LogP contribution in [0.1, 0.15) is 11.1 Å². The summed E-state index contributed by atoms with van der Waals surface area (Å²) in [6.07, 6.45) is 3.92. The molecule has 0 N–H and O–H groups in total. The second-order valence-electron chi connectivity index (χ2n) is 3.00. The average Bonchev–Trinajstić information content (AvgIpc) is 2.17. The van der Waals surface area contributed by atoms with Gasteiger partial charge in [-0.25, -0.2) is 0 Å². The Kier molecular flexibility index (Phi) is 4.50. The number of rotatable bonds is 5. The average molecular weight is 192 g/mol. The Morgan fingerprint density at radius 3 is 2.62 bits per heavy atom. The van der Waals surface area contributed by atoms with E-state index in [4.69, 9.17) is 4.43 Å². The highest BCUT2D eigenvalue weighted by molar-refractivity contribution is 5.97. The smallest absolute Gasteiger partial charge is 0.145 e. The van der Waals surface area contributed by atoms with Crippen LogP contribution in [-0.2, 0) is 17.3 Å². The van der Waals surface area contributed by atoms with Gasteiger partial charge in [-0.05, 0) is 24.0 Å². The van der Waals surface area contributed by atoms with Crippen LogP contribution in [-0.4, -0.2) is 17.1 Å². The molecular weight excluding hydrogens is 176 g/mol. The van der Waals surface area contributed by atoms with Crippen molar-refractivity contribution < 1.29 is 4.43 Å². The number of hydrogen-bond donors (Lipinski definition) is 0. The van der Waals surface area contributed by atoms with Gasteiger partial charge in [0.2, 0.25) is 0 Å². The Balaban J connectivity index is 2.71. The lowest BCUT2D eigenvalue weighted by Crippen LogP contribution is -1.99. The maximum absolute atomic E-state index is 5.19. The molecule has 1 rings (SSSR count). The standard InChI is InChI=1S/C11H16OSi/c1-2-5-10-6-3-4-7-11(10)8-9-12-13/h2-4,6-7H,1,5,8-9H2,13H3. The summed E-state index contributed by atoms with van der Waals surface area (Å²) in [4.78, 5) is 0. The topological polar surface area (TPSA) is 9.23 Å². The molecule has 0 saturated heterocycles. The minimum absolute atomic E-state index is 0.830. The third-order valence-electron chi connectivity index (χ3n) is 2.06. The van der Waals surface area contributed by atoms with E-state index in [1.165, 1.54) is 11.1 Å². The van der Waals surface area contributed by atoms with Crippen molar-refractivity contribution in [2.45, 2.75) is 12.8 Å². The highest BCUT2D eigenvalue weighted by Gasteiger charge is 1.98. The third kappa shape index (κ3) is 3.17. The lowest BCUT2D eigenvalue weighted by atomic mass is 10.0. The second-order valence-corrected chi connectivity index (χ2v) is 3.58. The molecule has 0 atom stereocenters. The second kappa shape index (κ2) is 5.73. The van der Waals surface area contributed by atoms with E-state index in [1.54, 1.807) is 0 Å². The number of benzene rings is 1. The predicted molar refractivity (Wildman–Crippen MR) is 59.9 cm³/mol. The van der Waals surface area contributed by atoms with E-state index in [0.29, 0.717) is 0 Å². The van der Waals surface area contributed by atoms with Gasteiger partial charge in [-0.2, -0.15) is 0 Å². The molecule has 1 aromatic carbocycles. The molecule has 0 aromatic heterocycles. The van der Waals surface area contributed by atoms with E-state index >= 15 is 0 Å². The van der Waals surface area contributed by atoms with E-state index < -0.39 is 0 Å². The van der Waals surface area contributed by atoms with E-state index in [9.17, 15) is 0 Å². The summed E-state index contributed by atoms with van der Waals surface area (Å²) in [7, 11) is 0.830. The van der Waals surface area contributed by atoms with Gasteiger partial charge in [-0.15, -0.1) is 6.58 Å². The molecule has 0 amide bonds. The van der Waals surface area contributed by atoms with Crippen molar-refractivity contribution >= 4 is 10.5 Å². The van der Waals surface area contributed by atoms with Gasteiger partial charge in [0.15, 0.2) is 0 Å². The minimum Gasteiger partial charge on any atom is -0.428 e. The van der Waals surface area contributed by atoms with Gasteiger partial charge in [0, 0.05) is 6.61 Å². The normalized spacial score (nSPS) is 10.2. The van der Waals surface area contributed by atoms with Gasteiger partial charge in [-0.1, -0.05) is 30.3 Å². The highest BCUT2D eigenvalue weighted by Crippen LogP contribution is 2.10. The first-order chi connectivity index (χ1) is 6.38. The first kappa shape index (κ1) is 10.2. The molecule has 1 nitrogen and oxygen atoms in total. The Morgan fingerprint density at radius 2 is 2.00 bits per heavy atom. The SMILES string of the molecule is C=CCc1ccccc1CCO[SiH3]. The van der Waals surface area contributed by atoms with Gasteiger partial charge in [-0.3, -0.25) is 0 Å². The molecular formula is C11H16OSi. The predicted octanol–water partition coefficient (Wildman–Crippen LogP) is 1.25. The summed E-state index contributed by atoms with van der Waals surface area (Å²) in [5, 5.41) is 0. The van der Waals surface area contributed by atoms with Crippen molar-refractivity contribution in [2.24, 2.45) is 0 Å². The van der Waals surface area contributed by atoms with Crippen molar-refractivity contribution in [3.63, 3.8) is 0 Å². The lowest BCUT2D eigenvalue weighted by Gasteiger charge is -2.06. The van der Waals surface area contributed by atoms with Gasteiger partial charge < -0.3 is 4.43 Å². The van der Waals surface area contributed by atoms with E-state index in [-0.39, 0.29) is 0 Å². The third-order valence-corrected chi connectivity index (χ3v) is 2.47. The van der Waals surface area contributed by atoms with Gasteiger partial charge in [0.05, 0.1) is 0 Å². The monoisotopic (exact) mass is 192 g/mol. The molecule has 70 valence electrons. The first-order valence-corrected chi connectivity index (χ1v) is 5.36. The molecule has 0 saturated carbocycles. The Labute approximate surface area is 83.0 Å². The van der Waals surface area contributed by atoms with Crippen LogP contribution in [0.4, 0.5) is 0 Å². The zero-order valence-corrected chi connectivity index (χ0v) is 10.1. The van der Waals surface area contributed by atoms with Gasteiger partial charge >= 0.3 is 0 Å². The quantitative estimate of drug-likeness (QED) is 0.504. The van der Waals surface area contributed by atoms with Crippen molar-refractivity contribution in [2.75, 3.05) is 6.61 Å². The summed E-state index contributed by atoms with van der Waals surface area (Å²) < 4.78 is 5.19. The Bertz CT molecular complexity index is 271. The molecule has 0 aliphatic carbocycles. The van der Waals surface area contributed by atoms with Crippen LogP contribution in [0.3, 0.4) is 0 Å². The Morgan fingerprint density at radius 1 is 1.31 bits per heavy atom. The van der Waals surface area contributed by atoms with E-state index in [2.05, 4.69) is 30.8 Å². The summed E-state index contributed by atoms with van der Waals surface area (Å²) in [5.74, 6) is 0. The van der Waals surface area contributed by atoms with E-state index in [1.807, 2.05) is 6.08 Å². The molecule has 1 aromatic rings. The van der Waals surface area contributed by atoms with Crippen LogP contribution in [0.25, 0.3) is 0 Å². The summed E-state index contributed by atoms with van der Waals surface area (Å²) >= 11 is 0. The highest BCUT2D eigenvalue weighted by atomic mass is 28.2. The number of hydrogen-bond acceptors (Lipinski definition) is 1. The van der Waals surface area contributed by atoms with Crippen LogP contribution >= 0.6 is 0 Å². The van der Waals surface area contributed by atoms with Crippen LogP contribution in [0, 0.1) is 0 Å².